The summed E-state index contributed by atoms with van der Waals surface area (Å²) in [6.45, 7) is 5.33. The van der Waals surface area contributed by atoms with E-state index in [-0.39, 0.29) is 6.04 Å². The van der Waals surface area contributed by atoms with Gasteiger partial charge in [0.05, 0.1) is 6.04 Å². The predicted octanol–water partition coefficient (Wildman–Crippen LogP) is 3.53. The van der Waals surface area contributed by atoms with Gasteiger partial charge < -0.3 is 15.5 Å². The average Bonchev–Trinajstić information content (AvgIpc) is 3.41. The second-order valence-corrected chi connectivity index (χ2v) is 8.85. The van der Waals surface area contributed by atoms with Gasteiger partial charge in [-0.2, -0.15) is 0 Å². The van der Waals surface area contributed by atoms with Gasteiger partial charge in [-0.25, -0.2) is 0 Å². The molecule has 0 bridgehead atoms. The normalized spacial score (nSPS) is 16.8. The third kappa shape index (κ3) is 4.86. The Morgan fingerprint density at radius 3 is 2.58 bits per heavy atom. The van der Waals surface area contributed by atoms with Gasteiger partial charge in [-0.05, 0) is 74.2 Å². The molecular weight excluding hydrogens is 412 g/mol. The summed E-state index contributed by atoms with van der Waals surface area (Å²) in [6, 6.07) is 11.9. The number of amides is 2. The molecule has 4 rings (SSSR count). The van der Waals surface area contributed by atoms with Crippen molar-refractivity contribution < 1.29 is 9.59 Å². The van der Waals surface area contributed by atoms with Crippen LogP contribution in [0, 0.1) is 6.92 Å². The van der Waals surface area contributed by atoms with Gasteiger partial charge in [-0.15, -0.1) is 0 Å². The SMILES string of the molecule is Cc1ccc(NC(=O)C(=O)NC[C@H](c2ccc3c(c2)CCN3C)N2CCCC2)cc1Cl. The number of anilines is 2. The molecule has 0 radical (unpaired) electrons. The van der Waals surface area contributed by atoms with Crippen molar-refractivity contribution in [2.75, 3.05) is 43.4 Å². The van der Waals surface area contributed by atoms with Crippen molar-refractivity contribution in [2.45, 2.75) is 32.2 Å². The number of hydrogen-bond acceptors (Lipinski definition) is 4. The van der Waals surface area contributed by atoms with Crippen molar-refractivity contribution in [1.82, 2.24) is 10.2 Å². The highest BCUT2D eigenvalue weighted by Crippen LogP contribution is 2.32. The highest BCUT2D eigenvalue weighted by molar-refractivity contribution is 6.39. The van der Waals surface area contributed by atoms with Crippen LogP contribution in [0.15, 0.2) is 36.4 Å². The molecule has 1 fully saturated rings. The molecule has 1 atom stereocenters. The molecule has 2 N–H and O–H groups in total. The fraction of sp³-hybridized carbons (Fsp3) is 0.417. The summed E-state index contributed by atoms with van der Waals surface area (Å²) >= 11 is 6.11. The largest absolute Gasteiger partial charge is 0.374 e. The number of likely N-dealkylation sites (tertiary alicyclic amines) is 1. The van der Waals surface area contributed by atoms with Crippen molar-refractivity contribution in [3.05, 3.63) is 58.1 Å². The molecule has 0 saturated carbocycles. The summed E-state index contributed by atoms with van der Waals surface area (Å²) in [6.07, 6.45) is 3.36. The first-order valence-corrected chi connectivity index (χ1v) is 11.2. The molecule has 2 amide bonds. The molecule has 2 aliphatic rings. The van der Waals surface area contributed by atoms with Crippen LogP contribution in [0.1, 0.15) is 35.6 Å². The van der Waals surface area contributed by atoms with E-state index in [4.69, 9.17) is 11.6 Å². The van der Waals surface area contributed by atoms with E-state index < -0.39 is 11.8 Å². The third-order valence-electron chi connectivity index (χ3n) is 6.29. The molecule has 0 aliphatic carbocycles. The molecule has 7 heteroatoms. The Morgan fingerprint density at radius 1 is 1.06 bits per heavy atom. The number of likely N-dealkylation sites (N-methyl/N-ethyl adjacent to an activating group) is 1. The third-order valence-corrected chi connectivity index (χ3v) is 6.70. The first-order chi connectivity index (χ1) is 14.9. The zero-order valence-electron chi connectivity index (χ0n) is 18.1. The van der Waals surface area contributed by atoms with Gasteiger partial charge in [0.15, 0.2) is 0 Å². The maximum Gasteiger partial charge on any atom is 0.313 e. The van der Waals surface area contributed by atoms with Crippen LogP contribution in [-0.4, -0.2) is 49.9 Å². The van der Waals surface area contributed by atoms with Gasteiger partial charge in [-0.1, -0.05) is 29.8 Å². The second kappa shape index (κ2) is 9.28. The molecule has 0 spiro atoms. The van der Waals surface area contributed by atoms with E-state index in [0.717, 1.165) is 44.5 Å². The van der Waals surface area contributed by atoms with Crippen LogP contribution in [-0.2, 0) is 16.0 Å². The van der Waals surface area contributed by atoms with Gasteiger partial charge in [0.25, 0.3) is 0 Å². The Bertz CT molecular complexity index is 988. The number of benzene rings is 2. The van der Waals surface area contributed by atoms with Crippen molar-refractivity contribution in [3.8, 4) is 0 Å². The molecule has 31 heavy (non-hydrogen) atoms. The van der Waals surface area contributed by atoms with E-state index in [0.29, 0.717) is 17.3 Å². The molecule has 2 aromatic rings. The average molecular weight is 441 g/mol. The zero-order chi connectivity index (χ0) is 22.0. The van der Waals surface area contributed by atoms with E-state index in [1.165, 1.54) is 16.8 Å². The lowest BCUT2D eigenvalue weighted by Crippen LogP contribution is -2.41. The lowest BCUT2D eigenvalue weighted by atomic mass is 10.0. The molecule has 2 aromatic carbocycles. The van der Waals surface area contributed by atoms with Crippen LogP contribution in [0.3, 0.4) is 0 Å². The van der Waals surface area contributed by atoms with Crippen molar-refractivity contribution in [1.29, 1.82) is 0 Å². The second-order valence-electron chi connectivity index (χ2n) is 8.45. The van der Waals surface area contributed by atoms with Crippen LogP contribution < -0.4 is 15.5 Å². The monoisotopic (exact) mass is 440 g/mol. The highest BCUT2D eigenvalue weighted by Gasteiger charge is 2.27. The van der Waals surface area contributed by atoms with Crippen molar-refractivity contribution >= 4 is 34.8 Å². The number of rotatable bonds is 5. The Hall–Kier alpha value is -2.57. The van der Waals surface area contributed by atoms with Gasteiger partial charge >= 0.3 is 11.8 Å². The molecule has 0 aromatic heterocycles. The molecule has 6 nitrogen and oxygen atoms in total. The molecule has 1 saturated heterocycles. The molecule has 164 valence electrons. The van der Waals surface area contributed by atoms with E-state index in [1.807, 2.05) is 13.0 Å². The lowest BCUT2D eigenvalue weighted by Gasteiger charge is -2.28. The zero-order valence-corrected chi connectivity index (χ0v) is 18.8. The Balaban J connectivity index is 1.43. The van der Waals surface area contributed by atoms with E-state index >= 15 is 0 Å². The van der Waals surface area contributed by atoms with E-state index in [2.05, 4.69) is 45.7 Å². The Labute approximate surface area is 188 Å². The van der Waals surface area contributed by atoms with Crippen molar-refractivity contribution in [2.24, 2.45) is 0 Å². The fourth-order valence-electron chi connectivity index (χ4n) is 4.43. The standard InChI is InChI=1S/C24H29ClN4O2/c1-16-5-7-19(14-20(16)25)27-24(31)23(30)26-15-22(29-10-3-4-11-29)17-6-8-21-18(13-17)9-12-28(21)2/h5-8,13-14,22H,3-4,9-12,15H2,1-2H3,(H,26,30)(H,27,31)/t22-/m1/s1. The summed E-state index contributed by atoms with van der Waals surface area (Å²) in [4.78, 5) is 29.6. The number of halogens is 1. The number of aryl methyl sites for hydroxylation is 1. The van der Waals surface area contributed by atoms with Gasteiger partial charge in [0, 0.05) is 36.5 Å². The maximum atomic E-state index is 12.5. The number of hydrogen-bond donors (Lipinski definition) is 2. The number of carbonyl (C=O) groups is 2. The first kappa shape index (κ1) is 21.7. The predicted molar refractivity (Wildman–Crippen MR) is 125 cm³/mol. The number of nitrogens with one attached hydrogen (secondary N) is 2. The van der Waals surface area contributed by atoms with Crippen LogP contribution in [0.4, 0.5) is 11.4 Å². The van der Waals surface area contributed by atoms with Crippen LogP contribution >= 0.6 is 11.6 Å². The minimum Gasteiger partial charge on any atom is -0.374 e. The minimum absolute atomic E-state index is 0.0595. The molecule has 2 aliphatic heterocycles. The van der Waals surface area contributed by atoms with Crippen molar-refractivity contribution in [3.63, 3.8) is 0 Å². The van der Waals surface area contributed by atoms with Gasteiger partial charge in [-0.3, -0.25) is 14.5 Å². The van der Waals surface area contributed by atoms with E-state index in [1.54, 1.807) is 12.1 Å². The Morgan fingerprint density at radius 2 is 1.84 bits per heavy atom. The van der Waals surface area contributed by atoms with E-state index in [9.17, 15) is 9.59 Å². The van der Waals surface area contributed by atoms with Crippen LogP contribution in [0.5, 0.6) is 0 Å². The summed E-state index contributed by atoms with van der Waals surface area (Å²) in [5.74, 6) is -1.32. The lowest BCUT2D eigenvalue weighted by molar-refractivity contribution is -0.136. The van der Waals surface area contributed by atoms with Crippen LogP contribution in [0.2, 0.25) is 5.02 Å². The number of fused-ring (bicyclic) bond motifs is 1. The van der Waals surface area contributed by atoms with Crippen LogP contribution in [0.25, 0.3) is 0 Å². The van der Waals surface area contributed by atoms with Gasteiger partial charge in [0.2, 0.25) is 0 Å². The summed E-state index contributed by atoms with van der Waals surface area (Å²) in [5.41, 5.74) is 5.25. The summed E-state index contributed by atoms with van der Waals surface area (Å²) in [7, 11) is 2.11. The Kier molecular flexibility index (Phi) is 6.49. The molecule has 2 heterocycles. The first-order valence-electron chi connectivity index (χ1n) is 10.9. The smallest absolute Gasteiger partial charge is 0.313 e. The van der Waals surface area contributed by atoms with Gasteiger partial charge in [0.1, 0.15) is 0 Å². The maximum absolute atomic E-state index is 12.5. The molecule has 0 unspecified atom stereocenters. The minimum atomic E-state index is -0.685. The fourth-order valence-corrected chi connectivity index (χ4v) is 4.61. The summed E-state index contributed by atoms with van der Waals surface area (Å²) < 4.78 is 0. The number of nitrogens with zero attached hydrogens (tertiary/aromatic N) is 2. The topological polar surface area (TPSA) is 64.7 Å². The quantitative estimate of drug-likeness (QED) is 0.698. The molecular formula is C24H29ClN4O2. The summed E-state index contributed by atoms with van der Waals surface area (Å²) in [5, 5.41) is 6.02. The highest BCUT2D eigenvalue weighted by atomic mass is 35.5. The number of carbonyl (C=O) groups excluding carboxylic acids is 2.